The van der Waals surface area contributed by atoms with Gasteiger partial charge in [-0.1, -0.05) is 42.5 Å². The number of hydrogen-bond acceptors (Lipinski definition) is 3. The average Bonchev–Trinajstić information content (AvgIpc) is 3.01. The Kier molecular flexibility index (Phi) is 5.14. The van der Waals surface area contributed by atoms with Crippen LogP contribution in [0.4, 0.5) is 5.69 Å². The molecule has 0 aliphatic heterocycles. The Labute approximate surface area is 150 Å². The zero-order chi connectivity index (χ0) is 17.8. The number of benzene rings is 2. The van der Waals surface area contributed by atoms with Crippen LogP contribution in [0.25, 0.3) is 0 Å². The molecule has 1 aromatic heterocycles. The summed E-state index contributed by atoms with van der Waals surface area (Å²) in [6.07, 6.45) is 3.84. The molecule has 0 saturated carbocycles. The number of hydrogen-bond donors (Lipinski definition) is 0. The summed E-state index contributed by atoms with van der Waals surface area (Å²) in [5.74, 6) is 0.860. The van der Waals surface area contributed by atoms with E-state index in [0.717, 1.165) is 33.8 Å². The fourth-order valence-corrected chi connectivity index (χ4v) is 3.37. The maximum Gasteiger partial charge on any atom is 0.229 e. The molecule has 4 nitrogen and oxygen atoms in total. The second-order valence-corrected chi connectivity index (χ2v) is 8.65. The van der Waals surface area contributed by atoms with Crippen LogP contribution in [0.15, 0.2) is 65.9 Å². The van der Waals surface area contributed by atoms with Crippen molar-refractivity contribution in [3.63, 3.8) is 0 Å². The predicted octanol–water partition coefficient (Wildman–Crippen LogP) is 4.26. The second-order valence-electron chi connectivity index (χ2n) is 6.32. The fraction of sp³-hybridized carbons (Fsp3) is 0.200. The van der Waals surface area contributed by atoms with Crippen molar-refractivity contribution in [1.82, 2.24) is 9.78 Å². The Bertz CT molecular complexity index is 885. The molecule has 0 saturated heterocycles. The van der Waals surface area contributed by atoms with Crippen molar-refractivity contribution < 1.29 is 4.43 Å². The molecule has 0 aliphatic carbocycles. The van der Waals surface area contributed by atoms with Gasteiger partial charge in [-0.25, -0.2) is 4.99 Å². The monoisotopic (exact) mass is 349 g/mol. The molecule has 3 rings (SSSR count). The van der Waals surface area contributed by atoms with E-state index in [1.165, 1.54) is 0 Å². The van der Waals surface area contributed by atoms with Crippen LogP contribution in [0.1, 0.15) is 16.7 Å². The summed E-state index contributed by atoms with van der Waals surface area (Å²) in [6.45, 7) is 6.39. The van der Waals surface area contributed by atoms with Crippen molar-refractivity contribution in [2.45, 2.75) is 20.0 Å². The Morgan fingerprint density at radius 2 is 1.80 bits per heavy atom. The van der Waals surface area contributed by atoms with E-state index in [1.807, 2.05) is 49.8 Å². The highest BCUT2D eigenvalue weighted by Gasteiger charge is 2.13. The zero-order valence-corrected chi connectivity index (χ0v) is 16.3. The molecule has 2 aromatic carbocycles. The molecular formula is C20H23N3OSi. The van der Waals surface area contributed by atoms with E-state index in [2.05, 4.69) is 43.3 Å². The van der Waals surface area contributed by atoms with Crippen LogP contribution in [0, 0.1) is 6.92 Å². The van der Waals surface area contributed by atoms with Gasteiger partial charge in [-0.2, -0.15) is 5.10 Å². The number of aliphatic imine (C=N–C) groups is 1. The quantitative estimate of drug-likeness (QED) is 0.510. The third kappa shape index (κ3) is 4.06. The van der Waals surface area contributed by atoms with Crippen molar-refractivity contribution in [2.75, 3.05) is 0 Å². The van der Waals surface area contributed by atoms with E-state index >= 15 is 0 Å². The van der Waals surface area contributed by atoms with Crippen LogP contribution in [0.2, 0.25) is 13.1 Å². The van der Waals surface area contributed by atoms with Crippen LogP contribution in [-0.2, 0) is 7.05 Å². The zero-order valence-electron chi connectivity index (χ0n) is 15.1. The molecule has 1 heterocycles. The van der Waals surface area contributed by atoms with Crippen molar-refractivity contribution in [2.24, 2.45) is 12.0 Å². The minimum atomic E-state index is -1.22. The summed E-state index contributed by atoms with van der Waals surface area (Å²) >= 11 is 0. The Balaban J connectivity index is 2.17. The summed E-state index contributed by atoms with van der Waals surface area (Å²) in [7, 11) is 0.695. The Hall–Kier alpha value is -2.66. The van der Waals surface area contributed by atoms with E-state index < -0.39 is 9.04 Å². The number of aryl methyl sites for hydroxylation is 2. The van der Waals surface area contributed by atoms with E-state index in [1.54, 1.807) is 4.68 Å². The van der Waals surface area contributed by atoms with Gasteiger partial charge in [-0.3, -0.25) is 4.68 Å². The molecule has 0 radical (unpaired) electrons. The van der Waals surface area contributed by atoms with Crippen molar-refractivity contribution >= 4 is 20.4 Å². The second kappa shape index (κ2) is 7.48. The third-order valence-corrected chi connectivity index (χ3v) is 4.54. The van der Waals surface area contributed by atoms with Crippen molar-refractivity contribution in [3.05, 3.63) is 77.6 Å². The molecule has 5 heteroatoms. The van der Waals surface area contributed by atoms with Crippen LogP contribution in [0.5, 0.6) is 5.75 Å². The minimum Gasteiger partial charge on any atom is -0.546 e. The van der Waals surface area contributed by atoms with E-state index in [0.29, 0.717) is 0 Å². The first kappa shape index (κ1) is 17.2. The number of rotatable bonds is 5. The lowest BCUT2D eigenvalue weighted by atomic mass is 10.0. The van der Waals surface area contributed by atoms with Crippen LogP contribution >= 0.6 is 0 Å². The molecule has 25 heavy (non-hydrogen) atoms. The summed E-state index contributed by atoms with van der Waals surface area (Å²) < 4.78 is 7.91. The molecule has 0 N–H and O–H groups in total. The first-order chi connectivity index (χ1) is 12.0. The van der Waals surface area contributed by atoms with Gasteiger partial charge in [0, 0.05) is 24.4 Å². The van der Waals surface area contributed by atoms with E-state index in [-0.39, 0.29) is 0 Å². The molecule has 3 aromatic rings. The summed E-state index contributed by atoms with van der Waals surface area (Å²) in [6, 6.07) is 16.3. The molecule has 0 amide bonds. The first-order valence-corrected chi connectivity index (χ1v) is 11.2. The maximum atomic E-state index is 6.11. The van der Waals surface area contributed by atoms with E-state index in [4.69, 9.17) is 9.42 Å². The van der Waals surface area contributed by atoms with Crippen molar-refractivity contribution in [3.8, 4) is 5.75 Å². The van der Waals surface area contributed by atoms with E-state index in [9.17, 15) is 0 Å². The SMILES string of the molecule is Cc1cccc(O[SiH](C)C)c1N=C(c1ccccc1)c1cnn(C)c1. The van der Waals surface area contributed by atoms with Gasteiger partial charge in [-0.05, 0) is 31.6 Å². The molecule has 0 unspecified atom stereocenters. The summed E-state index contributed by atoms with van der Waals surface area (Å²) in [4.78, 5) is 5.03. The van der Waals surface area contributed by atoms with Gasteiger partial charge in [0.2, 0.25) is 9.04 Å². The summed E-state index contributed by atoms with van der Waals surface area (Å²) in [5.41, 5.74) is 4.95. The lowest BCUT2D eigenvalue weighted by molar-refractivity contribution is 0.581. The fourth-order valence-electron chi connectivity index (χ4n) is 2.67. The van der Waals surface area contributed by atoms with Crippen LogP contribution in [-0.4, -0.2) is 24.5 Å². The third-order valence-electron chi connectivity index (χ3n) is 3.81. The molecule has 0 bridgehead atoms. The van der Waals surface area contributed by atoms with Gasteiger partial charge in [0.1, 0.15) is 11.4 Å². The van der Waals surface area contributed by atoms with Gasteiger partial charge < -0.3 is 4.43 Å². The van der Waals surface area contributed by atoms with Gasteiger partial charge in [0.25, 0.3) is 0 Å². The largest absolute Gasteiger partial charge is 0.546 e. The smallest absolute Gasteiger partial charge is 0.229 e. The predicted molar refractivity (Wildman–Crippen MR) is 106 cm³/mol. The number of para-hydroxylation sites is 1. The maximum absolute atomic E-state index is 6.11. The molecule has 0 spiro atoms. The molecular weight excluding hydrogens is 326 g/mol. The molecule has 0 atom stereocenters. The van der Waals surface area contributed by atoms with Gasteiger partial charge in [0.15, 0.2) is 0 Å². The minimum absolute atomic E-state index is 0.860. The highest BCUT2D eigenvalue weighted by molar-refractivity contribution is 6.49. The van der Waals surface area contributed by atoms with Crippen molar-refractivity contribution in [1.29, 1.82) is 0 Å². The number of aromatic nitrogens is 2. The van der Waals surface area contributed by atoms with Gasteiger partial charge >= 0.3 is 0 Å². The topological polar surface area (TPSA) is 39.4 Å². The Morgan fingerprint density at radius 1 is 1.04 bits per heavy atom. The van der Waals surface area contributed by atoms with Crippen LogP contribution < -0.4 is 4.43 Å². The lowest BCUT2D eigenvalue weighted by Crippen LogP contribution is -2.11. The highest BCUT2D eigenvalue weighted by Crippen LogP contribution is 2.33. The van der Waals surface area contributed by atoms with Gasteiger partial charge in [-0.15, -0.1) is 0 Å². The number of nitrogens with zero attached hydrogens (tertiary/aromatic N) is 3. The Morgan fingerprint density at radius 3 is 2.44 bits per heavy atom. The normalized spacial score (nSPS) is 11.8. The highest BCUT2D eigenvalue weighted by atomic mass is 28.3. The standard InChI is InChI=1S/C20H23N3OSi/c1-15-9-8-12-18(24-25(3)4)19(15)22-20(16-10-6-5-7-11-16)17-13-21-23(2)14-17/h5-14,25H,1-4H3. The van der Waals surface area contributed by atoms with Gasteiger partial charge in [0.05, 0.1) is 11.9 Å². The average molecular weight is 350 g/mol. The molecule has 0 aliphatic rings. The van der Waals surface area contributed by atoms with Crippen LogP contribution in [0.3, 0.4) is 0 Å². The molecule has 128 valence electrons. The first-order valence-electron chi connectivity index (χ1n) is 8.44. The lowest BCUT2D eigenvalue weighted by Gasteiger charge is -2.15. The molecule has 0 fully saturated rings. The summed E-state index contributed by atoms with van der Waals surface area (Å²) in [5, 5.41) is 4.31.